The van der Waals surface area contributed by atoms with Crippen LogP contribution in [0.25, 0.3) is 0 Å². The second-order valence-corrected chi connectivity index (χ2v) is 7.95. The van der Waals surface area contributed by atoms with Crippen LogP contribution in [0.4, 0.5) is 5.82 Å². The van der Waals surface area contributed by atoms with Gasteiger partial charge in [-0.2, -0.15) is 0 Å². The van der Waals surface area contributed by atoms with E-state index in [4.69, 9.17) is 11.6 Å². The molecule has 2 aromatic rings. The summed E-state index contributed by atoms with van der Waals surface area (Å²) in [4.78, 5) is 16.5. The number of aromatic nitrogens is 4. The van der Waals surface area contributed by atoms with Crippen LogP contribution in [-0.2, 0) is 4.79 Å². The third-order valence-electron chi connectivity index (χ3n) is 3.75. The molecule has 0 aromatic carbocycles. The van der Waals surface area contributed by atoms with Gasteiger partial charge < -0.3 is 9.88 Å². The lowest BCUT2D eigenvalue weighted by Crippen LogP contribution is -2.23. The first-order valence-electron chi connectivity index (χ1n) is 7.99. The molecule has 24 heavy (non-hydrogen) atoms. The highest BCUT2D eigenvalue weighted by Gasteiger charge is 2.31. The van der Waals surface area contributed by atoms with Crippen molar-refractivity contribution >= 4 is 35.1 Å². The van der Waals surface area contributed by atoms with Gasteiger partial charge in [-0.3, -0.25) is 4.79 Å². The number of anilines is 1. The molecule has 2 heterocycles. The van der Waals surface area contributed by atoms with E-state index < -0.39 is 0 Å². The van der Waals surface area contributed by atoms with Gasteiger partial charge >= 0.3 is 0 Å². The van der Waals surface area contributed by atoms with Crippen molar-refractivity contribution in [2.45, 2.75) is 56.0 Å². The molecule has 0 saturated heterocycles. The minimum atomic E-state index is -0.302. The molecule has 1 aliphatic carbocycles. The predicted octanol–water partition coefficient (Wildman–Crippen LogP) is 3.90. The molecular formula is C16H20ClN5OS. The van der Waals surface area contributed by atoms with Crippen LogP contribution in [-0.4, -0.2) is 30.9 Å². The summed E-state index contributed by atoms with van der Waals surface area (Å²) >= 11 is 7.23. The van der Waals surface area contributed by atoms with E-state index in [1.54, 1.807) is 12.1 Å². The molecule has 3 rings (SSSR count). The van der Waals surface area contributed by atoms with Crippen molar-refractivity contribution in [3.05, 3.63) is 29.2 Å². The summed E-state index contributed by atoms with van der Waals surface area (Å²) in [5.74, 6) is 1.68. The fourth-order valence-electron chi connectivity index (χ4n) is 2.33. The summed E-state index contributed by atoms with van der Waals surface area (Å²) in [5.41, 5.74) is 0. The number of nitrogens with zero attached hydrogens (tertiary/aromatic N) is 4. The average molecular weight is 366 g/mol. The van der Waals surface area contributed by atoms with E-state index in [0.717, 1.165) is 23.8 Å². The average Bonchev–Trinajstić information content (AvgIpc) is 3.29. The molecule has 1 aliphatic rings. The number of rotatable bonds is 6. The van der Waals surface area contributed by atoms with Gasteiger partial charge in [0.05, 0.1) is 10.3 Å². The highest BCUT2D eigenvalue weighted by Crippen LogP contribution is 2.40. The zero-order valence-corrected chi connectivity index (χ0v) is 15.4. The van der Waals surface area contributed by atoms with Crippen LogP contribution in [0.15, 0.2) is 23.5 Å². The molecule has 0 radical (unpaired) electrons. The Hall–Kier alpha value is -1.60. The Morgan fingerprint density at radius 1 is 1.33 bits per heavy atom. The van der Waals surface area contributed by atoms with Gasteiger partial charge in [-0.1, -0.05) is 37.2 Å². The predicted molar refractivity (Wildman–Crippen MR) is 95.6 cm³/mol. The largest absolute Gasteiger partial charge is 0.310 e. The van der Waals surface area contributed by atoms with Gasteiger partial charge in [0.15, 0.2) is 5.16 Å². The fourth-order valence-corrected chi connectivity index (χ4v) is 3.37. The second kappa shape index (κ2) is 7.11. The minimum absolute atomic E-state index is 0.119. The maximum Gasteiger partial charge on any atom is 0.238 e. The molecule has 2 aromatic heterocycles. The first-order chi connectivity index (χ1) is 11.5. The van der Waals surface area contributed by atoms with Crippen molar-refractivity contribution in [2.75, 3.05) is 5.32 Å². The van der Waals surface area contributed by atoms with E-state index in [2.05, 4.69) is 38.9 Å². The molecule has 0 bridgehead atoms. The number of thioether (sulfide) groups is 1. The van der Waals surface area contributed by atoms with Gasteiger partial charge in [-0.05, 0) is 31.9 Å². The highest BCUT2D eigenvalue weighted by atomic mass is 35.5. The fraction of sp³-hybridized carbons (Fsp3) is 0.500. The van der Waals surface area contributed by atoms with Gasteiger partial charge in [-0.15, -0.1) is 10.2 Å². The molecule has 0 spiro atoms. The summed E-state index contributed by atoms with van der Waals surface area (Å²) in [6.07, 6.45) is 3.81. The molecule has 1 atom stereocenters. The zero-order chi connectivity index (χ0) is 17.3. The summed E-state index contributed by atoms with van der Waals surface area (Å²) in [6.45, 7) is 6.08. The molecule has 1 N–H and O–H groups in total. The SMILES string of the molecule is CC(Sc1nnc(C(C)C)n1C1CC1)C(=O)Nc1ccc(Cl)cn1. The third-order valence-corrected chi connectivity index (χ3v) is 5.03. The van der Waals surface area contributed by atoms with E-state index in [1.165, 1.54) is 18.0 Å². The zero-order valence-electron chi connectivity index (χ0n) is 13.9. The second-order valence-electron chi connectivity index (χ2n) is 6.21. The monoisotopic (exact) mass is 365 g/mol. The number of halogens is 1. The smallest absolute Gasteiger partial charge is 0.238 e. The van der Waals surface area contributed by atoms with Crippen molar-refractivity contribution in [1.29, 1.82) is 0 Å². The van der Waals surface area contributed by atoms with Crippen LogP contribution >= 0.6 is 23.4 Å². The molecule has 1 fully saturated rings. The number of nitrogens with one attached hydrogen (secondary N) is 1. The summed E-state index contributed by atoms with van der Waals surface area (Å²) in [7, 11) is 0. The van der Waals surface area contributed by atoms with Gasteiger partial charge in [0.2, 0.25) is 5.91 Å². The van der Waals surface area contributed by atoms with Crippen molar-refractivity contribution in [2.24, 2.45) is 0 Å². The Balaban J connectivity index is 1.69. The van der Waals surface area contributed by atoms with Crippen molar-refractivity contribution in [3.8, 4) is 0 Å². The third kappa shape index (κ3) is 3.89. The summed E-state index contributed by atoms with van der Waals surface area (Å²) in [6, 6.07) is 3.86. The number of hydrogen-bond donors (Lipinski definition) is 1. The minimum Gasteiger partial charge on any atom is -0.310 e. The number of pyridine rings is 1. The van der Waals surface area contributed by atoms with Gasteiger partial charge in [-0.25, -0.2) is 4.98 Å². The number of amides is 1. The Bertz CT molecular complexity index is 727. The molecule has 6 nitrogen and oxygen atoms in total. The number of carbonyl (C=O) groups excluding carboxylic acids is 1. The maximum atomic E-state index is 12.4. The lowest BCUT2D eigenvalue weighted by molar-refractivity contribution is -0.115. The van der Waals surface area contributed by atoms with Gasteiger partial charge in [0, 0.05) is 18.2 Å². The lowest BCUT2D eigenvalue weighted by Gasteiger charge is -2.14. The Morgan fingerprint density at radius 2 is 2.08 bits per heavy atom. The first kappa shape index (κ1) is 17.2. The highest BCUT2D eigenvalue weighted by molar-refractivity contribution is 8.00. The molecule has 1 saturated carbocycles. The van der Waals surface area contributed by atoms with Crippen LogP contribution in [0.1, 0.15) is 51.4 Å². The van der Waals surface area contributed by atoms with Crippen LogP contribution in [0.2, 0.25) is 5.02 Å². The molecule has 1 unspecified atom stereocenters. The van der Waals surface area contributed by atoms with E-state index in [-0.39, 0.29) is 11.2 Å². The standard InChI is InChI=1S/C16H20ClN5OS/c1-9(2)14-20-21-16(22(14)12-5-6-12)24-10(3)15(23)19-13-7-4-11(17)8-18-13/h4,7-10,12H,5-6H2,1-3H3,(H,18,19,23). The Kier molecular flexibility index (Phi) is 5.10. The Morgan fingerprint density at radius 3 is 2.67 bits per heavy atom. The van der Waals surface area contributed by atoms with Gasteiger partial charge in [0.25, 0.3) is 0 Å². The molecule has 0 aliphatic heterocycles. The topological polar surface area (TPSA) is 72.7 Å². The van der Waals surface area contributed by atoms with E-state index in [0.29, 0.717) is 22.8 Å². The molecule has 1 amide bonds. The molecule has 128 valence electrons. The number of carbonyl (C=O) groups is 1. The molecule has 8 heteroatoms. The summed E-state index contributed by atoms with van der Waals surface area (Å²) < 4.78 is 2.19. The van der Waals surface area contributed by atoms with Crippen LogP contribution in [0.3, 0.4) is 0 Å². The van der Waals surface area contributed by atoms with Crippen molar-refractivity contribution < 1.29 is 4.79 Å². The van der Waals surface area contributed by atoms with Gasteiger partial charge in [0.1, 0.15) is 11.6 Å². The quantitative estimate of drug-likeness (QED) is 0.786. The van der Waals surface area contributed by atoms with Crippen LogP contribution in [0, 0.1) is 0 Å². The van der Waals surface area contributed by atoms with Crippen molar-refractivity contribution in [3.63, 3.8) is 0 Å². The van der Waals surface area contributed by atoms with Crippen LogP contribution in [0.5, 0.6) is 0 Å². The normalized spacial score (nSPS) is 15.5. The van der Waals surface area contributed by atoms with Crippen LogP contribution < -0.4 is 5.32 Å². The van der Waals surface area contributed by atoms with E-state index in [1.807, 2.05) is 6.92 Å². The Labute approximate surface area is 150 Å². The number of hydrogen-bond acceptors (Lipinski definition) is 5. The lowest BCUT2D eigenvalue weighted by atomic mass is 10.2. The first-order valence-corrected chi connectivity index (χ1v) is 9.25. The maximum absolute atomic E-state index is 12.4. The molecular weight excluding hydrogens is 346 g/mol. The van der Waals surface area contributed by atoms with Crippen molar-refractivity contribution in [1.82, 2.24) is 19.7 Å². The summed E-state index contributed by atoms with van der Waals surface area (Å²) in [5, 5.41) is 12.5. The van der Waals surface area contributed by atoms with E-state index in [9.17, 15) is 4.79 Å². The van der Waals surface area contributed by atoms with E-state index >= 15 is 0 Å².